The van der Waals surface area contributed by atoms with Gasteiger partial charge in [0.25, 0.3) is 0 Å². The van der Waals surface area contributed by atoms with Crippen molar-refractivity contribution in [3.63, 3.8) is 0 Å². The van der Waals surface area contributed by atoms with Gasteiger partial charge in [0.1, 0.15) is 6.54 Å². The number of nitrogens with zero attached hydrogens (tertiary/aromatic N) is 3. The molecule has 0 unspecified atom stereocenters. The van der Waals surface area contributed by atoms with E-state index >= 15 is 0 Å². The average molecular weight is 390 g/mol. The van der Waals surface area contributed by atoms with Gasteiger partial charge in [-0.1, -0.05) is 42.0 Å². The van der Waals surface area contributed by atoms with Crippen LogP contribution in [0.25, 0.3) is 22.6 Å². The smallest absolute Gasteiger partial charge is 0.244 e. The van der Waals surface area contributed by atoms with Gasteiger partial charge in [-0.15, -0.1) is 0 Å². The fraction of sp³-hybridized carbons (Fsp3) is 0.100. The standard InChI is InChI=1S/C20H18N6OS/c1-13-5-7-14(8-6-13)19-24-25-20(28)26(19)12-18(27)22-16-4-2-3-15(11-16)17-9-10-21-23-17/h2-11H,12H2,1H3,(H,21,23)(H,22,27)(H,25,28). The lowest BCUT2D eigenvalue weighted by Gasteiger charge is -2.09. The number of nitrogens with one attached hydrogen (secondary N) is 3. The van der Waals surface area contributed by atoms with E-state index in [1.165, 1.54) is 0 Å². The molecule has 8 heteroatoms. The van der Waals surface area contributed by atoms with E-state index in [4.69, 9.17) is 12.2 Å². The number of rotatable bonds is 5. The Labute approximate surface area is 166 Å². The summed E-state index contributed by atoms with van der Waals surface area (Å²) >= 11 is 5.31. The maximum atomic E-state index is 12.6. The summed E-state index contributed by atoms with van der Waals surface area (Å²) < 4.78 is 2.09. The molecule has 0 aliphatic rings. The molecule has 0 saturated heterocycles. The number of amides is 1. The highest BCUT2D eigenvalue weighted by Crippen LogP contribution is 2.21. The zero-order valence-electron chi connectivity index (χ0n) is 15.1. The van der Waals surface area contributed by atoms with Gasteiger partial charge in [-0.3, -0.25) is 19.6 Å². The largest absolute Gasteiger partial charge is 0.325 e. The van der Waals surface area contributed by atoms with Gasteiger partial charge in [0.05, 0.1) is 5.69 Å². The summed E-state index contributed by atoms with van der Waals surface area (Å²) in [5.41, 5.74) is 4.57. The Hall–Kier alpha value is -3.52. The first-order valence-electron chi connectivity index (χ1n) is 8.72. The van der Waals surface area contributed by atoms with Crippen LogP contribution in [0.15, 0.2) is 60.8 Å². The van der Waals surface area contributed by atoms with Gasteiger partial charge >= 0.3 is 0 Å². The van der Waals surface area contributed by atoms with Crippen molar-refractivity contribution >= 4 is 23.8 Å². The number of hydrogen-bond acceptors (Lipinski definition) is 4. The minimum Gasteiger partial charge on any atom is -0.325 e. The van der Waals surface area contributed by atoms with Gasteiger partial charge in [0.15, 0.2) is 10.6 Å². The van der Waals surface area contributed by atoms with Gasteiger partial charge in [-0.2, -0.15) is 10.2 Å². The van der Waals surface area contributed by atoms with E-state index in [0.29, 0.717) is 16.3 Å². The Morgan fingerprint density at radius 2 is 1.93 bits per heavy atom. The second kappa shape index (κ2) is 7.61. The minimum atomic E-state index is -0.187. The van der Waals surface area contributed by atoms with Crippen LogP contribution in [-0.4, -0.2) is 30.9 Å². The lowest BCUT2D eigenvalue weighted by molar-refractivity contribution is -0.116. The molecule has 7 nitrogen and oxygen atoms in total. The van der Waals surface area contributed by atoms with Crippen molar-refractivity contribution in [1.82, 2.24) is 25.0 Å². The van der Waals surface area contributed by atoms with E-state index in [9.17, 15) is 4.79 Å². The first kappa shape index (κ1) is 17.9. The fourth-order valence-electron chi connectivity index (χ4n) is 2.91. The Balaban J connectivity index is 1.54. The summed E-state index contributed by atoms with van der Waals surface area (Å²) in [5.74, 6) is 0.444. The molecule has 0 radical (unpaired) electrons. The van der Waals surface area contributed by atoms with E-state index in [2.05, 4.69) is 25.7 Å². The van der Waals surface area contributed by atoms with Gasteiger partial charge in [0, 0.05) is 23.0 Å². The quantitative estimate of drug-likeness (QED) is 0.450. The summed E-state index contributed by atoms with van der Waals surface area (Å²) in [5, 5.41) is 16.8. The van der Waals surface area contributed by atoms with Gasteiger partial charge < -0.3 is 5.32 Å². The van der Waals surface area contributed by atoms with Crippen LogP contribution < -0.4 is 5.32 Å². The zero-order chi connectivity index (χ0) is 19.5. The molecule has 2 aromatic heterocycles. The van der Waals surface area contributed by atoms with E-state index < -0.39 is 0 Å². The number of carbonyl (C=O) groups excluding carboxylic acids is 1. The van der Waals surface area contributed by atoms with Crippen LogP contribution in [-0.2, 0) is 11.3 Å². The van der Waals surface area contributed by atoms with E-state index in [1.54, 1.807) is 10.8 Å². The van der Waals surface area contributed by atoms with Crippen LogP contribution in [0.1, 0.15) is 5.56 Å². The molecule has 0 bridgehead atoms. The van der Waals surface area contributed by atoms with Crippen molar-refractivity contribution in [1.29, 1.82) is 0 Å². The maximum absolute atomic E-state index is 12.6. The molecule has 1 amide bonds. The monoisotopic (exact) mass is 390 g/mol. The second-order valence-electron chi connectivity index (χ2n) is 6.40. The molecule has 2 aromatic carbocycles. The molecule has 0 spiro atoms. The summed E-state index contributed by atoms with van der Waals surface area (Å²) in [4.78, 5) is 12.6. The van der Waals surface area contributed by atoms with Crippen LogP contribution >= 0.6 is 12.2 Å². The number of aromatic nitrogens is 5. The Bertz CT molecular complexity index is 1160. The summed E-state index contributed by atoms with van der Waals surface area (Å²) in [6, 6.07) is 17.4. The number of benzene rings is 2. The average Bonchev–Trinajstić information content (AvgIpc) is 3.34. The van der Waals surface area contributed by atoms with Gasteiger partial charge in [-0.25, -0.2) is 0 Å². The zero-order valence-corrected chi connectivity index (χ0v) is 16.0. The SMILES string of the molecule is Cc1ccc(-c2n[nH]c(=S)n2CC(=O)Nc2cccc(-c3ccn[nH]3)c2)cc1. The number of anilines is 1. The molecule has 0 aliphatic heterocycles. The highest BCUT2D eigenvalue weighted by molar-refractivity contribution is 7.71. The molecule has 2 heterocycles. The third-order valence-electron chi connectivity index (χ3n) is 4.33. The highest BCUT2D eigenvalue weighted by atomic mass is 32.1. The van der Waals surface area contributed by atoms with Gasteiger partial charge in [0.2, 0.25) is 5.91 Å². The number of aromatic amines is 2. The molecule has 140 valence electrons. The van der Waals surface area contributed by atoms with Crippen LogP contribution in [0, 0.1) is 11.7 Å². The van der Waals surface area contributed by atoms with E-state index in [-0.39, 0.29) is 12.5 Å². The normalized spacial score (nSPS) is 10.8. The number of hydrogen-bond donors (Lipinski definition) is 3. The minimum absolute atomic E-state index is 0.0623. The Morgan fingerprint density at radius 1 is 1.11 bits per heavy atom. The highest BCUT2D eigenvalue weighted by Gasteiger charge is 2.13. The van der Waals surface area contributed by atoms with Crippen molar-refractivity contribution in [2.45, 2.75) is 13.5 Å². The van der Waals surface area contributed by atoms with E-state index in [0.717, 1.165) is 22.4 Å². The predicted octanol–water partition coefficient (Wildman–Crippen LogP) is 3.94. The Kier molecular flexibility index (Phi) is 4.86. The lowest BCUT2D eigenvalue weighted by atomic mass is 10.1. The molecule has 0 aliphatic carbocycles. The third kappa shape index (κ3) is 3.77. The number of H-pyrrole nitrogens is 2. The summed E-state index contributed by atoms with van der Waals surface area (Å²) in [6.45, 7) is 2.08. The first-order chi connectivity index (χ1) is 13.6. The van der Waals surface area contributed by atoms with Crippen molar-refractivity contribution in [2.75, 3.05) is 5.32 Å². The molecule has 0 fully saturated rings. The van der Waals surface area contributed by atoms with E-state index in [1.807, 2.05) is 61.5 Å². The Morgan fingerprint density at radius 3 is 2.68 bits per heavy atom. The van der Waals surface area contributed by atoms with Crippen molar-refractivity contribution in [3.05, 3.63) is 71.1 Å². The lowest BCUT2D eigenvalue weighted by Crippen LogP contribution is -2.19. The van der Waals surface area contributed by atoms with Crippen molar-refractivity contribution < 1.29 is 4.79 Å². The van der Waals surface area contributed by atoms with Crippen LogP contribution in [0.5, 0.6) is 0 Å². The van der Waals surface area contributed by atoms with Crippen molar-refractivity contribution in [2.24, 2.45) is 0 Å². The van der Waals surface area contributed by atoms with Crippen molar-refractivity contribution in [3.8, 4) is 22.6 Å². The first-order valence-corrected chi connectivity index (χ1v) is 9.13. The van der Waals surface area contributed by atoms with Crippen LogP contribution in [0.3, 0.4) is 0 Å². The molecular weight excluding hydrogens is 372 g/mol. The fourth-order valence-corrected chi connectivity index (χ4v) is 3.11. The molecule has 0 atom stereocenters. The van der Waals surface area contributed by atoms with Gasteiger partial charge in [-0.05, 0) is 37.3 Å². The molecule has 0 saturated carbocycles. The summed E-state index contributed by atoms with van der Waals surface area (Å²) in [6.07, 6.45) is 1.69. The third-order valence-corrected chi connectivity index (χ3v) is 4.64. The second-order valence-corrected chi connectivity index (χ2v) is 6.79. The predicted molar refractivity (Wildman–Crippen MR) is 110 cm³/mol. The topological polar surface area (TPSA) is 91.4 Å². The summed E-state index contributed by atoms with van der Waals surface area (Å²) in [7, 11) is 0. The maximum Gasteiger partial charge on any atom is 0.244 e. The van der Waals surface area contributed by atoms with Crippen LogP contribution in [0.4, 0.5) is 5.69 Å². The number of aryl methyl sites for hydroxylation is 1. The molecule has 4 aromatic rings. The molecule has 28 heavy (non-hydrogen) atoms. The van der Waals surface area contributed by atoms with Crippen LogP contribution in [0.2, 0.25) is 0 Å². The molecule has 3 N–H and O–H groups in total. The molecular formula is C20H18N6OS. The number of carbonyl (C=O) groups is 1. The molecule has 4 rings (SSSR count).